The number of halogens is 3. The lowest BCUT2D eigenvalue weighted by Crippen LogP contribution is -2.41. The van der Waals surface area contributed by atoms with Crippen LogP contribution in [0.2, 0.25) is 10.0 Å². The molecule has 0 aromatic heterocycles. The van der Waals surface area contributed by atoms with Gasteiger partial charge in [-0.25, -0.2) is 4.39 Å². The lowest BCUT2D eigenvalue weighted by Gasteiger charge is -2.36. The maximum absolute atomic E-state index is 14.8. The second-order valence-corrected chi connectivity index (χ2v) is 9.73. The molecule has 164 valence electrons. The zero-order valence-corrected chi connectivity index (χ0v) is 19.3. The summed E-state index contributed by atoms with van der Waals surface area (Å²) in [5.74, 6) is -0.673. The van der Waals surface area contributed by atoms with Crippen LogP contribution < -0.4 is 5.32 Å². The first-order valence-electron chi connectivity index (χ1n) is 10.8. The molecule has 1 aromatic rings. The molecule has 0 bridgehead atoms. The van der Waals surface area contributed by atoms with Crippen LogP contribution in [0.1, 0.15) is 90.2 Å². The van der Waals surface area contributed by atoms with Crippen LogP contribution in [0.15, 0.2) is 12.1 Å². The Balaban J connectivity index is 2.11. The van der Waals surface area contributed by atoms with E-state index >= 15 is 0 Å². The van der Waals surface area contributed by atoms with Gasteiger partial charge in [-0.2, -0.15) is 0 Å². The molecule has 3 atom stereocenters. The molecular weight excluding hydrogens is 412 g/mol. The van der Waals surface area contributed by atoms with Crippen LogP contribution in [0, 0.1) is 17.2 Å². The monoisotopic (exact) mass is 445 g/mol. The van der Waals surface area contributed by atoms with E-state index in [9.17, 15) is 14.3 Å². The number of hydrogen-bond acceptors (Lipinski definition) is 2. The van der Waals surface area contributed by atoms with E-state index in [1.54, 1.807) is 6.92 Å². The summed E-state index contributed by atoms with van der Waals surface area (Å²) in [4.78, 5) is 13.0. The molecule has 0 radical (unpaired) electrons. The smallest absolute Gasteiger partial charge is 0.223 e. The minimum Gasteiger partial charge on any atom is -0.393 e. The molecule has 3 nitrogen and oxygen atoms in total. The Morgan fingerprint density at radius 1 is 1.17 bits per heavy atom. The number of amides is 1. The molecular formula is C23H34Cl2FNO2. The Kier molecular flexibility index (Phi) is 9.24. The van der Waals surface area contributed by atoms with Gasteiger partial charge < -0.3 is 10.4 Å². The molecule has 2 unspecified atom stereocenters. The average molecular weight is 446 g/mol. The third-order valence-electron chi connectivity index (χ3n) is 6.30. The number of unbranched alkanes of at least 4 members (excludes halogenated alkanes) is 2. The Morgan fingerprint density at radius 3 is 2.41 bits per heavy atom. The fraction of sp³-hybridized carbons (Fsp3) is 0.696. The summed E-state index contributed by atoms with van der Waals surface area (Å²) in [6.45, 7) is 5.80. The summed E-state index contributed by atoms with van der Waals surface area (Å²) in [5, 5.41) is 12.9. The Labute approximate surface area is 184 Å². The van der Waals surface area contributed by atoms with E-state index in [1.807, 2.05) is 6.92 Å². The minimum absolute atomic E-state index is 0.0749. The molecule has 29 heavy (non-hydrogen) atoms. The highest BCUT2D eigenvalue weighted by atomic mass is 35.5. The molecule has 1 aromatic carbocycles. The van der Waals surface area contributed by atoms with E-state index in [0.29, 0.717) is 10.6 Å². The standard InChI is InChI=1S/C23H34Cl2FNO2/c1-15(9-5-4-6-10-16(2)28)22(29)27-21(23(3)13-7-8-14-23)19-18(26)12-11-17(24)20(19)25/h11-12,15-16,21,28H,4-10,13-14H2,1-3H3,(H,27,29)/t15?,16-,21?/m0/s1. The molecule has 1 fully saturated rings. The largest absolute Gasteiger partial charge is 0.393 e. The van der Waals surface area contributed by atoms with Crippen molar-refractivity contribution in [2.45, 2.75) is 90.7 Å². The Hall–Kier alpha value is -0.840. The molecule has 1 amide bonds. The van der Waals surface area contributed by atoms with Gasteiger partial charge in [0, 0.05) is 11.5 Å². The first-order valence-corrected chi connectivity index (χ1v) is 11.5. The quantitative estimate of drug-likeness (QED) is 0.305. The number of carbonyl (C=O) groups excluding carboxylic acids is 1. The second kappa shape index (κ2) is 11.0. The van der Waals surface area contributed by atoms with Crippen molar-refractivity contribution in [1.82, 2.24) is 5.32 Å². The lowest BCUT2D eigenvalue weighted by molar-refractivity contribution is -0.126. The van der Waals surface area contributed by atoms with E-state index in [2.05, 4.69) is 12.2 Å². The number of aliphatic hydroxyl groups excluding tert-OH is 1. The van der Waals surface area contributed by atoms with Crippen molar-refractivity contribution in [2.24, 2.45) is 11.3 Å². The lowest BCUT2D eigenvalue weighted by atomic mass is 9.76. The van der Waals surface area contributed by atoms with Crippen LogP contribution in [0.5, 0.6) is 0 Å². The van der Waals surface area contributed by atoms with E-state index < -0.39 is 11.9 Å². The molecule has 6 heteroatoms. The van der Waals surface area contributed by atoms with Gasteiger partial charge in [-0.3, -0.25) is 4.79 Å². The molecule has 1 aliphatic carbocycles. The second-order valence-electron chi connectivity index (χ2n) is 8.95. The number of rotatable bonds is 10. The molecule has 0 spiro atoms. The maximum atomic E-state index is 14.8. The Morgan fingerprint density at radius 2 is 1.79 bits per heavy atom. The molecule has 2 N–H and O–H groups in total. The first kappa shape index (κ1) is 24.4. The highest BCUT2D eigenvalue weighted by Crippen LogP contribution is 2.50. The van der Waals surface area contributed by atoms with Gasteiger partial charge in [0.1, 0.15) is 5.82 Å². The summed E-state index contributed by atoms with van der Waals surface area (Å²) >= 11 is 12.6. The van der Waals surface area contributed by atoms with Crippen molar-refractivity contribution in [2.75, 3.05) is 0 Å². The first-order chi connectivity index (χ1) is 13.7. The van der Waals surface area contributed by atoms with E-state index in [-0.39, 0.29) is 28.4 Å². The number of hydrogen-bond donors (Lipinski definition) is 2. The van der Waals surface area contributed by atoms with Crippen molar-refractivity contribution in [1.29, 1.82) is 0 Å². The number of benzene rings is 1. The van der Waals surface area contributed by atoms with Crippen molar-refractivity contribution in [3.63, 3.8) is 0 Å². The number of nitrogens with one attached hydrogen (secondary N) is 1. The van der Waals surface area contributed by atoms with Crippen LogP contribution in [0.4, 0.5) is 4.39 Å². The topological polar surface area (TPSA) is 49.3 Å². The van der Waals surface area contributed by atoms with Crippen LogP contribution in [0.3, 0.4) is 0 Å². The average Bonchev–Trinajstić information content (AvgIpc) is 3.11. The van der Waals surface area contributed by atoms with Crippen LogP contribution in [-0.2, 0) is 4.79 Å². The molecule has 0 saturated heterocycles. The third-order valence-corrected chi connectivity index (χ3v) is 7.12. The predicted octanol–water partition coefficient (Wildman–Crippen LogP) is 6.84. The van der Waals surface area contributed by atoms with Crippen molar-refractivity contribution in [3.8, 4) is 0 Å². The summed E-state index contributed by atoms with van der Waals surface area (Å²) in [5.41, 5.74) is 0.0583. The fourth-order valence-corrected chi connectivity index (χ4v) is 4.78. The van der Waals surface area contributed by atoms with Crippen LogP contribution in [-0.4, -0.2) is 17.1 Å². The SMILES string of the molecule is CC(CCCCC[C@H](C)O)C(=O)NC(c1c(F)ccc(Cl)c1Cl)C1(C)CCCC1. The Bertz CT molecular complexity index is 690. The van der Waals surface area contributed by atoms with Gasteiger partial charge in [0.15, 0.2) is 0 Å². The predicted molar refractivity (Wildman–Crippen MR) is 118 cm³/mol. The maximum Gasteiger partial charge on any atom is 0.223 e. The van der Waals surface area contributed by atoms with Gasteiger partial charge in [-0.15, -0.1) is 0 Å². The molecule has 1 aliphatic rings. The molecule has 2 rings (SSSR count). The highest BCUT2D eigenvalue weighted by molar-refractivity contribution is 6.42. The van der Waals surface area contributed by atoms with Gasteiger partial charge in [-0.1, -0.05) is 69.2 Å². The van der Waals surface area contributed by atoms with Crippen LogP contribution in [0.25, 0.3) is 0 Å². The van der Waals surface area contributed by atoms with Crippen molar-refractivity contribution in [3.05, 3.63) is 33.6 Å². The minimum atomic E-state index is -0.499. The highest BCUT2D eigenvalue weighted by Gasteiger charge is 2.41. The third kappa shape index (κ3) is 6.57. The zero-order chi connectivity index (χ0) is 21.6. The normalized spacial score (nSPS) is 19.0. The zero-order valence-electron chi connectivity index (χ0n) is 17.7. The van der Waals surface area contributed by atoms with Gasteiger partial charge in [0.2, 0.25) is 5.91 Å². The summed E-state index contributed by atoms with van der Waals surface area (Å²) in [6, 6.07) is 2.28. The number of aliphatic hydroxyl groups is 1. The van der Waals surface area contributed by atoms with E-state index in [4.69, 9.17) is 23.2 Å². The summed E-state index contributed by atoms with van der Waals surface area (Å²) in [7, 11) is 0. The van der Waals surface area contributed by atoms with Gasteiger partial charge in [-0.05, 0) is 50.2 Å². The van der Waals surface area contributed by atoms with Gasteiger partial charge in [0.25, 0.3) is 0 Å². The van der Waals surface area contributed by atoms with Gasteiger partial charge in [0.05, 0.1) is 22.2 Å². The van der Waals surface area contributed by atoms with E-state index in [1.165, 1.54) is 12.1 Å². The van der Waals surface area contributed by atoms with Gasteiger partial charge >= 0.3 is 0 Å². The van der Waals surface area contributed by atoms with Crippen molar-refractivity contribution >= 4 is 29.1 Å². The summed E-state index contributed by atoms with van der Waals surface area (Å²) < 4.78 is 14.8. The fourth-order valence-electron chi connectivity index (χ4n) is 4.36. The molecule has 0 heterocycles. The molecule has 1 saturated carbocycles. The van der Waals surface area contributed by atoms with Crippen LogP contribution >= 0.6 is 23.2 Å². The summed E-state index contributed by atoms with van der Waals surface area (Å²) in [6.07, 6.45) is 8.07. The number of carbonyl (C=O) groups is 1. The van der Waals surface area contributed by atoms with Crippen molar-refractivity contribution < 1.29 is 14.3 Å². The van der Waals surface area contributed by atoms with E-state index in [0.717, 1.165) is 57.8 Å². The molecule has 0 aliphatic heterocycles.